The van der Waals surface area contributed by atoms with Gasteiger partial charge in [-0.05, 0) is 55.8 Å². The van der Waals surface area contributed by atoms with Crippen LogP contribution in [-0.2, 0) is 11.2 Å². The molecule has 1 amide bonds. The van der Waals surface area contributed by atoms with E-state index < -0.39 is 17.5 Å². The first kappa shape index (κ1) is 21.1. The molecule has 0 aliphatic heterocycles. The van der Waals surface area contributed by atoms with Crippen LogP contribution in [0.4, 0.5) is 14.5 Å². The molecule has 0 aliphatic carbocycles. The number of nitrogens with zero attached hydrogens (tertiary/aromatic N) is 4. The van der Waals surface area contributed by atoms with Crippen molar-refractivity contribution in [1.82, 2.24) is 19.7 Å². The average molecular weight is 435 g/mol. The Labute approximate surface area is 182 Å². The van der Waals surface area contributed by atoms with Gasteiger partial charge in [-0.3, -0.25) is 4.79 Å². The van der Waals surface area contributed by atoms with Crippen molar-refractivity contribution in [3.63, 3.8) is 0 Å². The molecule has 4 aromatic rings. The molecular weight excluding hydrogens is 416 g/mol. The van der Waals surface area contributed by atoms with Crippen LogP contribution in [0.25, 0.3) is 5.82 Å². The smallest absolute Gasteiger partial charge is 0.228 e. The summed E-state index contributed by atoms with van der Waals surface area (Å²) < 4.78 is 34.2. The molecule has 2 aromatic carbocycles. The highest BCUT2D eigenvalue weighted by atomic mass is 19.1. The normalized spacial score (nSPS) is 10.8. The molecule has 32 heavy (non-hydrogen) atoms. The first-order valence-corrected chi connectivity index (χ1v) is 9.75. The van der Waals surface area contributed by atoms with Gasteiger partial charge in [-0.25, -0.2) is 23.4 Å². The zero-order valence-electron chi connectivity index (χ0n) is 17.3. The Morgan fingerprint density at radius 2 is 1.81 bits per heavy atom. The minimum atomic E-state index is -0.756. The van der Waals surface area contributed by atoms with Crippen LogP contribution in [0.2, 0.25) is 0 Å². The Kier molecular flexibility index (Phi) is 5.89. The molecule has 0 bridgehead atoms. The van der Waals surface area contributed by atoms with E-state index in [9.17, 15) is 13.6 Å². The molecule has 2 aromatic heterocycles. The summed E-state index contributed by atoms with van der Waals surface area (Å²) in [4.78, 5) is 20.5. The Bertz CT molecular complexity index is 1270. The highest BCUT2D eigenvalue weighted by molar-refractivity contribution is 5.92. The van der Waals surface area contributed by atoms with Gasteiger partial charge in [0.1, 0.15) is 23.7 Å². The van der Waals surface area contributed by atoms with Crippen molar-refractivity contribution >= 4 is 11.6 Å². The van der Waals surface area contributed by atoms with Gasteiger partial charge < -0.3 is 10.1 Å². The molecular formula is C23H19F2N5O2. The monoisotopic (exact) mass is 435 g/mol. The SMILES string of the molecule is Cc1cc(C)n(-c2cc(Oc3ccc(NC(=O)Cc4ccc(F)cc4F)cc3)ncn2)n1. The van der Waals surface area contributed by atoms with Crippen LogP contribution in [0.1, 0.15) is 17.0 Å². The van der Waals surface area contributed by atoms with Crippen molar-refractivity contribution in [2.45, 2.75) is 20.3 Å². The van der Waals surface area contributed by atoms with Gasteiger partial charge in [0.25, 0.3) is 0 Å². The second-order valence-electron chi connectivity index (χ2n) is 7.14. The molecule has 2 heterocycles. The number of amides is 1. The standard InChI is InChI=1S/C23H19F2N5O2/c1-14-9-15(2)30(29-14)21-12-23(27-13-26-21)32-19-7-5-18(6-8-19)28-22(31)10-16-3-4-17(24)11-20(16)25/h3-9,11-13H,10H2,1-2H3,(H,28,31). The van der Waals surface area contributed by atoms with E-state index in [1.54, 1.807) is 35.0 Å². The lowest BCUT2D eigenvalue weighted by Gasteiger charge is -2.09. The van der Waals surface area contributed by atoms with Crippen molar-refractivity contribution in [3.8, 4) is 17.4 Å². The molecule has 7 nitrogen and oxygen atoms in total. The fourth-order valence-corrected chi connectivity index (χ4v) is 3.13. The maximum atomic E-state index is 13.7. The molecule has 4 rings (SSSR count). The second kappa shape index (κ2) is 8.93. The molecule has 0 saturated carbocycles. The van der Waals surface area contributed by atoms with E-state index in [2.05, 4.69) is 20.4 Å². The van der Waals surface area contributed by atoms with Gasteiger partial charge in [-0.2, -0.15) is 5.10 Å². The highest BCUT2D eigenvalue weighted by Gasteiger charge is 2.11. The molecule has 0 fully saturated rings. The first-order valence-electron chi connectivity index (χ1n) is 9.75. The number of rotatable bonds is 6. The fraction of sp³-hybridized carbons (Fsp3) is 0.130. The zero-order valence-corrected chi connectivity index (χ0v) is 17.3. The third-order valence-corrected chi connectivity index (χ3v) is 4.58. The highest BCUT2D eigenvalue weighted by Crippen LogP contribution is 2.23. The molecule has 9 heteroatoms. The number of aryl methyl sites for hydroxylation is 2. The summed E-state index contributed by atoms with van der Waals surface area (Å²) in [5, 5.41) is 7.07. The first-order chi connectivity index (χ1) is 15.4. The van der Waals surface area contributed by atoms with Crippen LogP contribution >= 0.6 is 0 Å². The number of hydrogen-bond acceptors (Lipinski definition) is 5. The Morgan fingerprint density at radius 3 is 2.50 bits per heavy atom. The minimum absolute atomic E-state index is 0.117. The van der Waals surface area contributed by atoms with E-state index in [0.717, 1.165) is 23.5 Å². The van der Waals surface area contributed by atoms with Crippen molar-refractivity contribution in [2.24, 2.45) is 0 Å². The van der Waals surface area contributed by atoms with Crippen LogP contribution in [0.5, 0.6) is 11.6 Å². The minimum Gasteiger partial charge on any atom is -0.439 e. The van der Waals surface area contributed by atoms with Crippen molar-refractivity contribution in [1.29, 1.82) is 0 Å². The van der Waals surface area contributed by atoms with Crippen LogP contribution in [0.15, 0.2) is 60.9 Å². The predicted octanol–water partition coefficient (Wildman–Crippen LogP) is 4.53. The van der Waals surface area contributed by atoms with Gasteiger partial charge in [0.15, 0.2) is 5.82 Å². The largest absolute Gasteiger partial charge is 0.439 e. The van der Waals surface area contributed by atoms with Gasteiger partial charge >= 0.3 is 0 Å². The number of ether oxygens (including phenoxy) is 1. The third kappa shape index (κ3) is 4.94. The van der Waals surface area contributed by atoms with Gasteiger partial charge in [0, 0.05) is 23.5 Å². The van der Waals surface area contributed by atoms with Gasteiger partial charge in [0.05, 0.1) is 12.1 Å². The van der Waals surface area contributed by atoms with Gasteiger partial charge in [-0.15, -0.1) is 0 Å². The van der Waals surface area contributed by atoms with Gasteiger partial charge in [0.2, 0.25) is 11.8 Å². The predicted molar refractivity (Wildman–Crippen MR) is 114 cm³/mol. The number of anilines is 1. The maximum Gasteiger partial charge on any atom is 0.228 e. The summed E-state index contributed by atoms with van der Waals surface area (Å²) in [5.74, 6) is -0.440. The summed E-state index contributed by atoms with van der Waals surface area (Å²) in [6.45, 7) is 3.83. The van der Waals surface area contributed by atoms with E-state index in [-0.39, 0.29) is 12.0 Å². The van der Waals surface area contributed by atoms with E-state index in [1.165, 1.54) is 12.4 Å². The third-order valence-electron chi connectivity index (χ3n) is 4.58. The van der Waals surface area contributed by atoms with Crippen LogP contribution in [-0.4, -0.2) is 25.7 Å². The average Bonchev–Trinajstić information content (AvgIpc) is 3.10. The maximum absolute atomic E-state index is 13.7. The topological polar surface area (TPSA) is 81.9 Å². The summed E-state index contributed by atoms with van der Waals surface area (Å²) in [7, 11) is 0. The number of nitrogens with one attached hydrogen (secondary N) is 1. The lowest BCUT2D eigenvalue weighted by Crippen LogP contribution is -2.15. The molecule has 0 saturated heterocycles. The molecule has 0 radical (unpaired) electrons. The van der Waals surface area contributed by atoms with Crippen molar-refractivity contribution in [2.75, 3.05) is 5.32 Å². The molecule has 0 aliphatic rings. The number of carbonyl (C=O) groups excluding carboxylic acids is 1. The Balaban J connectivity index is 1.40. The lowest BCUT2D eigenvalue weighted by atomic mass is 10.1. The van der Waals surface area contributed by atoms with Crippen molar-refractivity contribution in [3.05, 3.63) is 89.5 Å². The van der Waals surface area contributed by atoms with Crippen LogP contribution in [0.3, 0.4) is 0 Å². The van der Waals surface area contributed by atoms with E-state index >= 15 is 0 Å². The fourth-order valence-electron chi connectivity index (χ4n) is 3.13. The van der Waals surface area contributed by atoms with E-state index in [1.807, 2.05) is 19.9 Å². The summed E-state index contributed by atoms with van der Waals surface area (Å²) >= 11 is 0. The van der Waals surface area contributed by atoms with Gasteiger partial charge in [-0.1, -0.05) is 6.07 Å². The summed E-state index contributed by atoms with van der Waals surface area (Å²) in [5.41, 5.74) is 2.44. The second-order valence-corrected chi connectivity index (χ2v) is 7.14. The van der Waals surface area contributed by atoms with Crippen LogP contribution < -0.4 is 10.1 Å². The van der Waals surface area contributed by atoms with E-state index in [0.29, 0.717) is 23.1 Å². The molecule has 162 valence electrons. The zero-order chi connectivity index (χ0) is 22.7. The Morgan fingerprint density at radius 1 is 1.03 bits per heavy atom. The number of hydrogen-bond donors (Lipinski definition) is 1. The van der Waals surface area contributed by atoms with Crippen LogP contribution in [0, 0.1) is 25.5 Å². The number of aromatic nitrogens is 4. The number of benzene rings is 2. The summed E-state index contributed by atoms with van der Waals surface area (Å²) in [6, 6.07) is 13.4. The lowest BCUT2D eigenvalue weighted by molar-refractivity contribution is -0.115. The quantitative estimate of drug-likeness (QED) is 0.481. The summed E-state index contributed by atoms with van der Waals surface area (Å²) in [6.07, 6.45) is 1.19. The molecule has 0 unspecified atom stereocenters. The molecule has 0 atom stereocenters. The number of halogens is 2. The Hall–Kier alpha value is -4.14. The molecule has 0 spiro atoms. The number of carbonyl (C=O) groups is 1. The van der Waals surface area contributed by atoms with E-state index in [4.69, 9.17) is 4.74 Å². The molecule has 1 N–H and O–H groups in total. The van der Waals surface area contributed by atoms with Crippen molar-refractivity contribution < 1.29 is 18.3 Å².